The van der Waals surface area contributed by atoms with Gasteiger partial charge in [-0.1, -0.05) is 22.0 Å². The summed E-state index contributed by atoms with van der Waals surface area (Å²) in [7, 11) is 1.66. The van der Waals surface area contributed by atoms with E-state index in [1.807, 2.05) is 6.07 Å². The summed E-state index contributed by atoms with van der Waals surface area (Å²) >= 11 is 3.24. The van der Waals surface area contributed by atoms with Crippen molar-refractivity contribution in [3.05, 3.63) is 34.1 Å². The van der Waals surface area contributed by atoms with Crippen molar-refractivity contribution < 1.29 is 13.9 Å². The lowest BCUT2D eigenvalue weighted by molar-refractivity contribution is 0.0688. The molecule has 0 aliphatic rings. The van der Waals surface area contributed by atoms with E-state index in [-0.39, 0.29) is 5.82 Å². The van der Waals surface area contributed by atoms with Crippen LogP contribution in [0.25, 0.3) is 0 Å². The van der Waals surface area contributed by atoms with Crippen LogP contribution in [0.5, 0.6) is 0 Å². The number of benzene rings is 1. The predicted octanol–water partition coefficient (Wildman–Crippen LogP) is 3.12. The average Bonchev–Trinajstić information content (AvgIpc) is 2.39. The molecule has 1 aromatic carbocycles. The van der Waals surface area contributed by atoms with E-state index in [1.165, 1.54) is 6.07 Å². The average molecular weight is 334 g/mol. The summed E-state index contributed by atoms with van der Waals surface area (Å²) in [5.41, 5.74) is 0.694. The van der Waals surface area contributed by atoms with E-state index < -0.39 is 0 Å². The molecule has 108 valence electrons. The smallest absolute Gasteiger partial charge is 0.128 e. The molecule has 5 heteroatoms. The Kier molecular flexibility index (Phi) is 8.99. The minimum atomic E-state index is -0.176. The van der Waals surface area contributed by atoms with Crippen LogP contribution in [0.1, 0.15) is 18.4 Å². The fourth-order valence-corrected chi connectivity index (χ4v) is 1.92. The van der Waals surface area contributed by atoms with Crippen LogP contribution >= 0.6 is 15.9 Å². The number of hydrogen-bond donors (Lipinski definition) is 1. The zero-order chi connectivity index (χ0) is 13.9. The Morgan fingerprint density at radius 2 is 2.05 bits per heavy atom. The van der Waals surface area contributed by atoms with E-state index in [2.05, 4.69) is 21.2 Å². The predicted molar refractivity (Wildman–Crippen MR) is 77.7 cm³/mol. The van der Waals surface area contributed by atoms with Crippen LogP contribution in [0.4, 0.5) is 4.39 Å². The molecule has 0 spiro atoms. The van der Waals surface area contributed by atoms with Crippen LogP contribution in [0.2, 0.25) is 0 Å². The van der Waals surface area contributed by atoms with Gasteiger partial charge in [0.1, 0.15) is 5.82 Å². The number of rotatable bonds is 10. The molecule has 0 saturated carbocycles. The summed E-state index contributed by atoms with van der Waals surface area (Å²) in [6.07, 6.45) is 2.02. The maximum absolute atomic E-state index is 13.5. The second-order valence-corrected chi connectivity index (χ2v) is 5.14. The van der Waals surface area contributed by atoms with Gasteiger partial charge in [0.25, 0.3) is 0 Å². The van der Waals surface area contributed by atoms with E-state index in [0.717, 1.165) is 30.5 Å². The van der Waals surface area contributed by atoms with Crippen molar-refractivity contribution in [3.8, 4) is 0 Å². The molecule has 0 amide bonds. The van der Waals surface area contributed by atoms with Crippen LogP contribution in [0, 0.1) is 5.82 Å². The first kappa shape index (κ1) is 16.6. The Bertz CT molecular complexity index is 363. The lowest BCUT2D eigenvalue weighted by Crippen LogP contribution is -2.16. The molecule has 0 radical (unpaired) electrons. The van der Waals surface area contributed by atoms with Crippen molar-refractivity contribution in [1.29, 1.82) is 0 Å². The van der Waals surface area contributed by atoms with Gasteiger partial charge in [0.05, 0.1) is 13.2 Å². The lowest BCUT2D eigenvalue weighted by atomic mass is 10.2. The van der Waals surface area contributed by atoms with Gasteiger partial charge >= 0.3 is 0 Å². The maximum atomic E-state index is 13.5. The van der Waals surface area contributed by atoms with E-state index >= 15 is 0 Å². The third-order valence-corrected chi connectivity index (χ3v) is 3.15. The van der Waals surface area contributed by atoms with Crippen LogP contribution in [-0.4, -0.2) is 33.5 Å². The Morgan fingerprint density at radius 1 is 1.21 bits per heavy atom. The van der Waals surface area contributed by atoms with Gasteiger partial charge in [-0.25, -0.2) is 4.39 Å². The van der Waals surface area contributed by atoms with E-state index in [4.69, 9.17) is 9.47 Å². The number of nitrogens with one attached hydrogen (secondary N) is 1. The highest BCUT2D eigenvalue weighted by atomic mass is 79.9. The molecular formula is C14H21BrFNO2. The second-order valence-electron chi connectivity index (χ2n) is 4.22. The summed E-state index contributed by atoms with van der Waals surface area (Å²) in [6.45, 7) is 3.46. The summed E-state index contributed by atoms with van der Waals surface area (Å²) < 4.78 is 24.5. The number of halogens is 2. The number of unbranched alkanes of at least 4 members (excludes halogenated alkanes) is 1. The Hall–Kier alpha value is -0.490. The van der Waals surface area contributed by atoms with Gasteiger partial charge in [-0.05, 0) is 31.5 Å². The van der Waals surface area contributed by atoms with Gasteiger partial charge in [-0.15, -0.1) is 0 Å². The zero-order valence-corrected chi connectivity index (χ0v) is 12.8. The van der Waals surface area contributed by atoms with E-state index in [1.54, 1.807) is 13.2 Å². The van der Waals surface area contributed by atoms with E-state index in [9.17, 15) is 4.39 Å². The Labute approximate surface area is 122 Å². The van der Waals surface area contributed by atoms with E-state index in [0.29, 0.717) is 25.3 Å². The topological polar surface area (TPSA) is 30.5 Å². The van der Waals surface area contributed by atoms with Crippen molar-refractivity contribution in [1.82, 2.24) is 5.32 Å². The minimum absolute atomic E-state index is 0.176. The summed E-state index contributed by atoms with van der Waals surface area (Å²) in [4.78, 5) is 0. The first-order valence-corrected chi connectivity index (χ1v) is 7.24. The number of hydrogen-bond acceptors (Lipinski definition) is 3. The molecule has 0 fully saturated rings. The molecule has 0 aliphatic heterocycles. The highest BCUT2D eigenvalue weighted by molar-refractivity contribution is 9.10. The molecule has 3 nitrogen and oxygen atoms in total. The molecule has 0 atom stereocenters. The quantitative estimate of drug-likeness (QED) is 0.667. The van der Waals surface area contributed by atoms with Gasteiger partial charge in [0.2, 0.25) is 0 Å². The van der Waals surface area contributed by atoms with Crippen LogP contribution < -0.4 is 5.32 Å². The van der Waals surface area contributed by atoms with Gasteiger partial charge in [0, 0.05) is 30.3 Å². The minimum Gasteiger partial charge on any atom is -0.382 e. The normalized spacial score (nSPS) is 10.9. The van der Waals surface area contributed by atoms with Crippen molar-refractivity contribution in [2.24, 2.45) is 0 Å². The van der Waals surface area contributed by atoms with Crippen LogP contribution in [0.3, 0.4) is 0 Å². The highest BCUT2D eigenvalue weighted by Crippen LogP contribution is 2.14. The van der Waals surface area contributed by atoms with Gasteiger partial charge in [-0.3, -0.25) is 0 Å². The third-order valence-electron chi connectivity index (χ3n) is 2.65. The molecule has 1 rings (SSSR count). The second kappa shape index (κ2) is 10.3. The maximum Gasteiger partial charge on any atom is 0.128 e. The van der Waals surface area contributed by atoms with Crippen molar-refractivity contribution in [3.63, 3.8) is 0 Å². The van der Waals surface area contributed by atoms with Crippen LogP contribution in [0.15, 0.2) is 22.7 Å². The molecule has 1 N–H and O–H groups in total. The SMILES string of the molecule is COCCOCCCCNCc1ccc(Br)cc1F. The molecule has 0 aromatic heterocycles. The van der Waals surface area contributed by atoms with Gasteiger partial charge in [0.15, 0.2) is 0 Å². The fourth-order valence-electron chi connectivity index (χ4n) is 1.59. The molecule has 0 heterocycles. The van der Waals surface area contributed by atoms with Gasteiger partial charge < -0.3 is 14.8 Å². The molecule has 0 saturated heterocycles. The molecule has 1 aromatic rings. The molecule has 0 unspecified atom stereocenters. The molecular weight excluding hydrogens is 313 g/mol. The summed E-state index contributed by atoms with van der Waals surface area (Å²) in [6, 6.07) is 5.13. The summed E-state index contributed by atoms with van der Waals surface area (Å²) in [5.74, 6) is -0.176. The monoisotopic (exact) mass is 333 g/mol. The summed E-state index contributed by atoms with van der Waals surface area (Å²) in [5, 5.41) is 3.23. The molecule has 19 heavy (non-hydrogen) atoms. The molecule has 0 bridgehead atoms. The zero-order valence-electron chi connectivity index (χ0n) is 11.3. The molecule has 0 aliphatic carbocycles. The Morgan fingerprint density at radius 3 is 2.79 bits per heavy atom. The van der Waals surface area contributed by atoms with Crippen LogP contribution in [-0.2, 0) is 16.0 Å². The first-order chi connectivity index (χ1) is 9.24. The Balaban J connectivity index is 2.01. The first-order valence-electron chi connectivity index (χ1n) is 6.45. The number of ether oxygens (including phenoxy) is 2. The van der Waals surface area contributed by atoms with Crippen molar-refractivity contribution in [2.45, 2.75) is 19.4 Å². The lowest BCUT2D eigenvalue weighted by Gasteiger charge is -2.07. The standard InChI is InChI=1S/C14H21BrFNO2/c1-18-8-9-19-7-3-2-6-17-11-12-4-5-13(15)10-14(12)16/h4-5,10,17H,2-3,6-9,11H2,1H3. The number of methoxy groups -OCH3 is 1. The van der Waals surface area contributed by atoms with Crippen molar-refractivity contribution in [2.75, 3.05) is 33.5 Å². The van der Waals surface area contributed by atoms with Crippen molar-refractivity contribution >= 4 is 15.9 Å². The van der Waals surface area contributed by atoms with Gasteiger partial charge in [-0.2, -0.15) is 0 Å². The third kappa shape index (κ3) is 7.62. The largest absolute Gasteiger partial charge is 0.382 e. The fraction of sp³-hybridized carbons (Fsp3) is 0.571. The highest BCUT2D eigenvalue weighted by Gasteiger charge is 2.01.